The normalized spacial score (nSPS) is 21.2. The molecule has 0 saturated carbocycles. The van der Waals surface area contributed by atoms with Crippen LogP contribution in [0, 0.1) is 0 Å². The van der Waals surface area contributed by atoms with E-state index in [0.29, 0.717) is 12.1 Å². The lowest BCUT2D eigenvalue weighted by Crippen LogP contribution is -2.49. The van der Waals surface area contributed by atoms with Gasteiger partial charge in [0.1, 0.15) is 11.6 Å². The number of urea groups is 1. The fourth-order valence-corrected chi connectivity index (χ4v) is 4.34. The summed E-state index contributed by atoms with van der Waals surface area (Å²) < 4.78 is 0. The first-order valence-electron chi connectivity index (χ1n) is 10.2. The number of benzene rings is 2. The van der Waals surface area contributed by atoms with E-state index in [1.165, 1.54) is 0 Å². The molecule has 4 amide bonds. The number of aryl methyl sites for hydroxylation is 1. The van der Waals surface area contributed by atoms with Gasteiger partial charge in [0.15, 0.2) is 0 Å². The standard InChI is InChI=1S/C23H26N4O3/c1-15(20(28)24-17-10-12-18(13-11-17)26(2)3)27-21(29)23(25-22(27)30)14-6-8-16-7-4-5-9-19(16)23/h4-5,7,9-13,15H,6,8,14H2,1-3H3,(H,24,28)(H,25,30)/t15-,23-/m1/s1. The number of anilines is 2. The molecular formula is C23H26N4O3. The van der Waals surface area contributed by atoms with Gasteiger partial charge in [-0.2, -0.15) is 0 Å². The largest absolute Gasteiger partial charge is 0.378 e. The van der Waals surface area contributed by atoms with Gasteiger partial charge >= 0.3 is 6.03 Å². The molecule has 1 aliphatic heterocycles. The lowest BCUT2D eigenvalue weighted by molar-refractivity contribution is -0.137. The van der Waals surface area contributed by atoms with Gasteiger partial charge in [0, 0.05) is 25.5 Å². The van der Waals surface area contributed by atoms with E-state index >= 15 is 0 Å². The van der Waals surface area contributed by atoms with E-state index in [0.717, 1.165) is 34.6 Å². The first-order chi connectivity index (χ1) is 14.3. The van der Waals surface area contributed by atoms with Gasteiger partial charge < -0.3 is 15.5 Å². The third-order valence-corrected chi connectivity index (χ3v) is 6.02. The molecule has 0 radical (unpaired) electrons. The van der Waals surface area contributed by atoms with E-state index in [2.05, 4.69) is 10.6 Å². The van der Waals surface area contributed by atoms with Crippen molar-refractivity contribution in [3.05, 3.63) is 59.7 Å². The average Bonchev–Trinajstić information content (AvgIpc) is 2.98. The summed E-state index contributed by atoms with van der Waals surface area (Å²) in [6.45, 7) is 1.58. The summed E-state index contributed by atoms with van der Waals surface area (Å²) in [6.07, 6.45) is 2.21. The lowest BCUT2D eigenvalue weighted by Gasteiger charge is -2.33. The Labute approximate surface area is 176 Å². The van der Waals surface area contributed by atoms with Crippen LogP contribution in [0.25, 0.3) is 0 Å². The maximum Gasteiger partial charge on any atom is 0.326 e. The van der Waals surface area contributed by atoms with Crippen molar-refractivity contribution in [3.8, 4) is 0 Å². The monoisotopic (exact) mass is 406 g/mol. The molecule has 0 bridgehead atoms. The smallest absolute Gasteiger partial charge is 0.326 e. The zero-order chi connectivity index (χ0) is 21.5. The topological polar surface area (TPSA) is 81.8 Å². The van der Waals surface area contributed by atoms with Gasteiger partial charge in [-0.1, -0.05) is 24.3 Å². The molecule has 2 atom stereocenters. The number of nitrogens with zero attached hydrogens (tertiary/aromatic N) is 2. The van der Waals surface area contributed by atoms with Crippen molar-refractivity contribution in [1.82, 2.24) is 10.2 Å². The Morgan fingerprint density at radius 2 is 1.83 bits per heavy atom. The van der Waals surface area contributed by atoms with Crippen LogP contribution >= 0.6 is 0 Å². The molecule has 2 N–H and O–H groups in total. The van der Waals surface area contributed by atoms with Gasteiger partial charge in [0.2, 0.25) is 5.91 Å². The summed E-state index contributed by atoms with van der Waals surface area (Å²) in [6, 6.07) is 13.6. The molecule has 1 heterocycles. The van der Waals surface area contributed by atoms with E-state index in [-0.39, 0.29) is 5.91 Å². The van der Waals surface area contributed by atoms with E-state index < -0.39 is 23.5 Å². The minimum Gasteiger partial charge on any atom is -0.378 e. The first kappa shape index (κ1) is 19.9. The minimum absolute atomic E-state index is 0.356. The predicted octanol–water partition coefficient (Wildman–Crippen LogP) is 2.86. The quantitative estimate of drug-likeness (QED) is 0.765. The second kappa shape index (κ2) is 7.48. The van der Waals surface area contributed by atoms with Gasteiger partial charge in [0.25, 0.3) is 5.91 Å². The molecule has 7 heteroatoms. The van der Waals surface area contributed by atoms with Crippen molar-refractivity contribution in [3.63, 3.8) is 0 Å². The highest BCUT2D eigenvalue weighted by Crippen LogP contribution is 2.40. The molecule has 7 nitrogen and oxygen atoms in total. The molecule has 0 aromatic heterocycles. The predicted molar refractivity (Wildman–Crippen MR) is 115 cm³/mol. The van der Waals surface area contributed by atoms with Crippen molar-refractivity contribution < 1.29 is 14.4 Å². The highest BCUT2D eigenvalue weighted by Gasteiger charge is 2.55. The molecule has 2 aliphatic rings. The molecule has 156 valence electrons. The molecule has 30 heavy (non-hydrogen) atoms. The third-order valence-electron chi connectivity index (χ3n) is 6.02. The highest BCUT2D eigenvalue weighted by atomic mass is 16.2. The number of nitrogens with one attached hydrogen (secondary N) is 2. The van der Waals surface area contributed by atoms with Crippen LogP contribution in [-0.2, 0) is 21.5 Å². The first-order valence-corrected chi connectivity index (χ1v) is 10.2. The van der Waals surface area contributed by atoms with Crippen LogP contribution in [0.4, 0.5) is 16.2 Å². The van der Waals surface area contributed by atoms with Gasteiger partial charge in [-0.25, -0.2) is 9.69 Å². The van der Waals surface area contributed by atoms with Crippen molar-refractivity contribution in [2.75, 3.05) is 24.3 Å². The maximum absolute atomic E-state index is 13.4. The van der Waals surface area contributed by atoms with Crippen LogP contribution in [0.1, 0.15) is 30.9 Å². The van der Waals surface area contributed by atoms with Crippen LogP contribution < -0.4 is 15.5 Å². The molecule has 4 rings (SSSR count). The molecule has 0 unspecified atom stereocenters. The fourth-order valence-electron chi connectivity index (χ4n) is 4.34. The molecule has 2 aromatic rings. The van der Waals surface area contributed by atoms with Gasteiger partial charge in [-0.15, -0.1) is 0 Å². The van der Waals surface area contributed by atoms with Gasteiger partial charge in [-0.05, 0) is 61.6 Å². The number of carbonyl (C=O) groups is 3. The molecule has 1 saturated heterocycles. The van der Waals surface area contributed by atoms with Crippen LogP contribution in [0.2, 0.25) is 0 Å². The summed E-state index contributed by atoms with van der Waals surface area (Å²) in [5.74, 6) is -0.762. The summed E-state index contributed by atoms with van der Waals surface area (Å²) in [5, 5.41) is 5.70. The van der Waals surface area contributed by atoms with E-state index in [1.54, 1.807) is 19.1 Å². The number of hydrogen-bond acceptors (Lipinski definition) is 4. The Morgan fingerprint density at radius 1 is 1.13 bits per heavy atom. The maximum atomic E-state index is 13.4. The van der Waals surface area contributed by atoms with E-state index in [4.69, 9.17) is 0 Å². The number of imide groups is 1. The Balaban J connectivity index is 1.55. The Kier molecular flexibility index (Phi) is 4.97. The van der Waals surface area contributed by atoms with Gasteiger partial charge in [0.05, 0.1) is 0 Å². The summed E-state index contributed by atoms with van der Waals surface area (Å²) >= 11 is 0. The molecule has 1 spiro atoms. The molecule has 1 fully saturated rings. The Hall–Kier alpha value is -3.35. The highest BCUT2D eigenvalue weighted by molar-refractivity contribution is 6.11. The van der Waals surface area contributed by atoms with Crippen molar-refractivity contribution in [2.45, 2.75) is 37.8 Å². The molecular weight excluding hydrogens is 380 g/mol. The van der Waals surface area contributed by atoms with E-state index in [9.17, 15) is 14.4 Å². The number of fused-ring (bicyclic) bond motifs is 2. The Morgan fingerprint density at radius 3 is 2.53 bits per heavy atom. The van der Waals surface area contributed by atoms with Gasteiger partial charge in [-0.3, -0.25) is 9.59 Å². The second-order valence-corrected chi connectivity index (χ2v) is 8.13. The third kappa shape index (κ3) is 3.20. The van der Waals surface area contributed by atoms with Crippen LogP contribution in [0.15, 0.2) is 48.5 Å². The number of carbonyl (C=O) groups excluding carboxylic acids is 3. The summed E-state index contributed by atoms with van der Waals surface area (Å²) in [5.41, 5.74) is 2.45. The number of amides is 4. The zero-order valence-electron chi connectivity index (χ0n) is 17.4. The number of hydrogen-bond donors (Lipinski definition) is 2. The SMILES string of the molecule is C[C@H](C(=O)Nc1ccc(N(C)C)cc1)N1C(=O)N[C@@]2(CCCc3ccccc32)C1=O. The Bertz CT molecular complexity index is 1000. The van der Waals surface area contributed by atoms with Crippen LogP contribution in [0.5, 0.6) is 0 Å². The zero-order valence-corrected chi connectivity index (χ0v) is 17.4. The lowest BCUT2D eigenvalue weighted by atomic mass is 9.76. The van der Waals surface area contributed by atoms with Crippen molar-refractivity contribution >= 4 is 29.2 Å². The van der Waals surface area contributed by atoms with E-state index in [1.807, 2.05) is 55.4 Å². The number of rotatable bonds is 4. The van der Waals surface area contributed by atoms with Crippen molar-refractivity contribution in [1.29, 1.82) is 0 Å². The van der Waals surface area contributed by atoms with Crippen LogP contribution in [0.3, 0.4) is 0 Å². The average molecular weight is 406 g/mol. The summed E-state index contributed by atoms with van der Waals surface area (Å²) in [4.78, 5) is 42.1. The van der Waals surface area contributed by atoms with Crippen LogP contribution in [-0.4, -0.2) is 42.9 Å². The second-order valence-electron chi connectivity index (χ2n) is 8.13. The fraction of sp³-hybridized carbons (Fsp3) is 0.348. The van der Waals surface area contributed by atoms with Crippen molar-refractivity contribution in [2.24, 2.45) is 0 Å². The molecule has 1 aliphatic carbocycles. The summed E-state index contributed by atoms with van der Waals surface area (Å²) in [7, 11) is 3.87. The molecule has 2 aromatic carbocycles. The minimum atomic E-state index is -1.08.